The fourth-order valence-electron chi connectivity index (χ4n) is 1.92. The smallest absolute Gasteiger partial charge is 0.716 e. The molecule has 0 unspecified atom stereocenters. The quantitative estimate of drug-likeness (QED) is 0.168. The van der Waals surface area contributed by atoms with Crippen LogP contribution in [0.25, 0.3) is 0 Å². The fraction of sp³-hybridized carbons (Fsp3) is 0.857. The molecule has 0 atom stereocenters. The third-order valence-electron chi connectivity index (χ3n) is 2.99. The van der Waals surface area contributed by atoms with Crippen LogP contribution in [0, 0.1) is 0 Å². The molecule has 0 N–H and O–H groups in total. The molecule has 0 amide bonds. The Hall–Kier alpha value is 1.09. The first-order valence-corrected chi connectivity index (χ1v) is 8.68. The van der Waals surface area contributed by atoms with E-state index in [-0.39, 0.29) is 51.4 Å². The molecule has 0 aromatic rings. The number of hydrogen-bond donors (Lipinski definition) is 0. The van der Waals surface area contributed by atoms with Crippen LogP contribution in [0.2, 0.25) is 0 Å². The average Bonchev–Trinajstić information content (AvgIpc) is 2.34. The Morgan fingerprint density at radius 2 is 1.35 bits per heavy atom. The van der Waals surface area contributed by atoms with Gasteiger partial charge in [-0.15, -0.1) is 0 Å². The van der Waals surface area contributed by atoms with Crippen LogP contribution in [0.3, 0.4) is 0 Å². The van der Waals surface area contributed by atoms with Crippen LogP contribution < -0.4 is 51.4 Å². The SMILES string of the molecule is CCCCCCCCCCCC/C=C/OS(=O)(=O)[O-].[K+]. The van der Waals surface area contributed by atoms with Crippen LogP contribution in [-0.4, -0.2) is 13.0 Å². The molecule has 0 aromatic carbocycles. The fourth-order valence-corrected chi connectivity index (χ4v) is 2.14. The van der Waals surface area contributed by atoms with E-state index in [2.05, 4.69) is 11.1 Å². The van der Waals surface area contributed by atoms with Gasteiger partial charge in [0, 0.05) is 0 Å². The summed E-state index contributed by atoms with van der Waals surface area (Å²) in [5.74, 6) is 0. The molecule has 6 heteroatoms. The van der Waals surface area contributed by atoms with E-state index in [4.69, 9.17) is 0 Å². The van der Waals surface area contributed by atoms with Crippen LogP contribution in [0.15, 0.2) is 12.3 Å². The summed E-state index contributed by atoms with van der Waals surface area (Å²) in [6, 6.07) is 0. The Bertz CT molecular complexity index is 315. The normalized spacial score (nSPS) is 11.5. The molecule has 0 saturated heterocycles. The van der Waals surface area contributed by atoms with Gasteiger partial charge in [-0.25, -0.2) is 8.42 Å². The summed E-state index contributed by atoms with van der Waals surface area (Å²) in [6.45, 7) is 2.23. The summed E-state index contributed by atoms with van der Waals surface area (Å²) in [4.78, 5) is 0. The first-order valence-electron chi connectivity index (χ1n) is 7.35. The van der Waals surface area contributed by atoms with Crippen molar-refractivity contribution in [1.29, 1.82) is 0 Å². The van der Waals surface area contributed by atoms with Gasteiger partial charge in [0.2, 0.25) is 0 Å². The van der Waals surface area contributed by atoms with Crippen molar-refractivity contribution in [2.45, 2.75) is 77.6 Å². The molecule has 0 saturated carbocycles. The summed E-state index contributed by atoms with van der Waals surface area (Å²) in [7, 11) is -4.58. The molecule has 4 nitrogen and oxygen atoms in total. The van der Waals surface area contributed by atoms with Gasteiger partial charge < -0.3 is 8.74 Å². The zero-order valence-electron chi connectivity index (χ0n) is 13.0. The van der Waals surface area contributed by atoms with Crippen molar-refractivity contribution in [3.63, 3.8) is 0 Å². The number of hydrogen-bond acceptors (Lipinski definition) is 4. The van der Waals surface area contributed by atoms with Gasteiger partial charge in [-0.1, -0.05) is 64.7 Å². The summed E-state index contributed by atoms with van der Waals surface area (Å²) >= 11 is 0. The molecule has 0 spiro atoms. The van der Waals surface area contributed by atoms with Gasteiger partial charge >= 0.3 is 51.4 Å². The molecular formula is C14H27KO4S. The zero-order valence-corrected chi connectivity index (χ0v) is 16.9. The number of rotatable bonds is 13. The average molecular weight is 331 g/mol. The van der Waals surface area contributed by atoms with Gasteiger partial charge in [-0.05, 0) is 18.9 Å². The second-order valence-electron chi connectivity index (χ2n) is 4.85. The molecule has 114 valence electrons. The van der Waals surface area contributed by atoms with Crippen LogP contribution in [-0.2, 0) is 14.6 Å². The van der Waals surface area contributed by atoms with E-state index < -0.39 is 10.4 Å². The van der Waals surface area contributed by atoms with Gasteiger partial charge in [0.05, 0.1) is 0 Å². The summed E-state index contributed by atoms with van der Waals surface area (Å²) in [5.41, 5.74) is 0. The van der Waals surface area contributed by atoms with E-state index in [1.807, 2.05) is 0 Å². The van der Waals surface area contributed by atoms with Gasteiger partial charge in [-0.2, -0.15) is 0 Å². The maximum Gasteiger partial charge on any atom is 1.00 e. The van der Waals surface area contributed by atoms with Gasteiger partial charge in [0.25, 0.3) is 10.4 Å². The minimum absolute atomic E-state index is 0. The molecule has 20 heavy (non-hydrogen) atoms. The molecular weight excluding hydrogens is 303 g/mol. The molecule has 0 aliphatic rings. The Kier molecular flexibility index (Phi) is 19.2. The summed E-state index contributed by atoms with van der Waals surface area (Å²) in [6.07, 6.45) is 16.0. The third kappa shape index (κ3) is 21.4. The first kappa shape index (κ1) is 23.4. The minimum atomic E-state index is -4.58. The van der Waals surface area contributed by atoms with Crippen molar-refractivity contribution in [2.24, 2.45) is 0 Å². The van der Waals surface area contributed by atoms with Crippen LogP contribution in [0.1, 0.15) is 77.6 Å². The predicted octanol–water partition coefficient (Wildman–Crippen LogP) is 1.29. The van der Waals surface area contributed by atoms with E-state index >= 15 is 0 Å². The van der Waals surface area contributed by atoms with Crippen molar-refractivity contribution in [3.8, 4) is 0 Å². The van der Waals surface area contributed by atoms with E-state index in [1.165, 1.54) is 51.4 Å². The van der Waals surface area contributed by atoms with E-state index in [1.54, 1.807) is 6.08 Å². The molecule has 0 fully saturated rings. The van der Waals surface area contributed by atoms with Crippen LogP contribution in [0.4, 0.5) is 0 Å². The first-order chi connectivity index (χ1) is 9.06. The molecule has 0 rings (SSSR count). The Morgan fingerprint density at radius 3 is 1.80 bits per heavy atom. The van der Waals surface area contributed by atoms with E-state index in [0.29, 0.717) is 0 Å². The number of unbranched alkanes of at least 4 members (excludes halogenated alkanes) is 10. The minimum Gasteiger partial charge on any atom is -0.716 e. The largest absolute Gasteiger partial charge is 1.00 e. The van der Waals surface area contributed by atoms with Crippen molar-refractivity contribution >= 4 is 10.4 Å². The van der Waals surface area contributed by atoms with Crippen molar-refractivity contribution in [2.75, 3.05) is 0 Å². The predicted molar refractivity (Wildman–Crippen MR) is 76.4 cm³/mol. The third-order valence-corrected chi connectivity index (χ3v) is 3.34. The molecule has 0 aromatic heterocycles. The van der Waals surface area contributed by atoms with Crippen LogP contribution >= 0.6 is 0 Å². The van der Waals surface area contributed by atoms with Crippen molar-refractivity contribution in [3.05, 3.63) is 12.3 Å². The van der Waals surface area contributed by atoms with E-state index in [9.17, 15) is 13.0 Å². The van der Waals surface area contributed by atoms with Gasteiger partial charge in [0.15, 0.2) is 0 Å². The molecule has 0 radical (unpaired) electrons. The number of allylic oxidation sites excluding steroid dienone is 1. The Balaban J connectivity index is 0. The Morgan fingerprint density at radius 1 is 0.900 bits per heavy atom. The standard InChI is InChI=1S/C14H28O4S.K/c1-2-3-4-5-6-7-8-9-10-11-12-13-14-18-19(15,16)17;/h13-14H,2-12H2,1H3,(H,15,16,17);/q;+1/p-1/b14-13+;. The van der Waals surface area contributed by atoms with E-state index in [0.717, 1.165) is 25.5 Å². The summed E-state index contributed by atoms with van der Waals surface area (Å²) in [5, 5.41) is 0. The second-order valence-corrected chi connectivity index (χ2v) is 5.86. The Labute approximate surface area is 167 Å². The maximum atomic E-state index is 10.1. The molecule has 0 aliphatic carbocycles. The second kappa shape index (κ2) is 16.5. The topological polar surface area (TPSA) is 66.4 Å². The maximum absolute atomic E-state index is 10.1. The van der Waals surface area contributed by atoms with Crippen LogP contribution in [0.5, 0.6) is 0 Å². The van der Waals surface area contributed by atoms with Crippen molar-refractivity contribution in [1.82, 2.24) is 0 Å². The van der Waals surface area contributed by atoms with Gasteiger partial charge in [0.1, 0.15) is 6.26 Å². The molecule has 0 aliphatic heterocycles. The summed E-state index contributed by atoms with van der Waals surface area (Å²) < 4.78 is 34.3. The zero-order chi connectivity index (χ0) is 14.4. The van der Waals surface area contributed by atoms with Crippen molar-refractivity contribution < 1.29 is 68.5 Å². The molecule has 0 heterocycles. The van der Waals surface area contributed by atoms with Gasteiger partial charge in [-0.3, -0.25) is 0 Å². The molecule has 0 bridgehead atoms. The monoisotopic (exact) mass is 330 g/mol.